The Kier molecular flexibility index (Phi) is 24.4. The van der Waals surface area contributed by atoms with E-state index in [0.717, 1.165) is 0 Å². The molecule has 1 nitrogen and oxygen atoms in total. The van der Waals surface area contributed by atoms with Gasteiger partial charge in [0, 0.05) is 0 Å². The van der Waals surface area contributed by atoms with Crippen LogP contribution in [-0.2, 0) is 4.79 Å². The molecule has 118 valence electrons. The number of benzene rings is 2. The Morgan fingerprint density at radius 2 is 1.14 bits per heavy atom. The Morgan fingerprint density at radius 1 is 0.714 bits per heavy atom. The van der Waals surface area contributed by atoms with E-state index in [1.54, 1.807) is 0 Å². The van der Waals surface area contributed by atoms with Crippen LogP contribution in [0.4, 0.5) is 0 Å². The van der Waals surface area contributed by atoms with Crippen LogP contribution in [0.1, 0.15) is 33.3 Å². The Hall–Kier alpha value is -1.46. The Bertz CT molecular complexity index is 413. The topological polar surface area (TPSA) is 17.1 Å². The minimum Gasteiger partial charge on any atom is -0.307 e. The summed E-state index contributed by atoms with van der Waals surface area (Å²) >= 11 is 0. The molecule has 2 heteroatoms. The fraction of sp³-hybridized carbons (Fsp3) is 0.316. The minimum absolute atomic E-state index is 1.28. The summed E-state index contributed by atoms with van der Waals surface area (Å²) in [4.78, 5) is 8.00. The number of aryl methyl sites for hydroxylation is 1. The maximum Gasteiger partial charge on any atom is 0.106 e. The molecule has 0 saturated heterocycles. The molecule has 1 atom stereocenters. The van der Waals surface area contributed by atoms with Gasteiger partial charge in [-0.3, -0.25) is 0 Å². The number of rotatable bonds is 1. The lowest BCUT2D eigenvalue weighted by molar-refractivity contribution is -0.0979. The molecular formula is C19H31OP. The van der Waals surface area contributed by atoms with E-state index in [-0.39, 0.29) is 0 Å². The van der Waals surface area contributed by atoms with Crippen molar-refractivity contribution in [3.8, 4) is 11.1 Å². The van der Waals surface area contributed by atoms with E-state index in [1.807, 2.05) is 47.2 Å². The van der Waals surface area contributed by atoms with E-state index in [1.165, 1.54) is 16.7 Å². The number of carbonyl (C=O) groups is 1. The van der Waals surface area contributed by atoms with Crippen molar-refractivity contribution in [3.63, 3.8) is 0 Å². The summed E-state index contributed by atoms with van der Waals surface area (Å²) in [6.45, 7) is 14.0. The summed E-state index contributed by atoms with van der Waals surface area (Å²) in [5.74, 6) is 0. The van der Waals surface area contributed by atoms with Crippen molar-refractivity contribution in [3.05, 3.63) is 60.2 Å². The zero-order valence-electron chi connectivity index (χ0n) is 14.4. The Labute approximate surface area is 134 Å². The minimum atomic E-state index is 1.28. The van der Waals surface area contributed by atoms with Gasteiger partial charge in [0.05, 0.1) is 0 Å². The zero-order chi connectivity index (χ0) is 17.1. The van der Waals surface area contributed by atoms with Crippen molar-refractivity contribution >= 4 is 16.0 Å². The van der Waals surface area contributed by atoms with Crippen LogP contribution >= 0.6 is 9.24 Å². The second kappa shape index (κ2) is 20.8. The molecule has 0 amide bonds. The largest absolute Gasteiger partial charge is 0.307 e. The zero-order valence-corrected chi connectivity index (χ0v) is 15.5. The molecule has 0 spiro atoms. The van der Waals surface area contributed by atoms with Gasteiger partial charge in [-0.05, 0) is 18.1 Å². The maximum absolute atomic E-state index is 8.00. The molecular weight excluding hydrogens is 275 g/mol. The van der Waals surface area contributed by atoms with Gasteiger partial charge in [0.2, 0.25) is 0 Å². The highest BCUT2D eigenvalue weighted by Crippen LogP contribution is 2.19. The molecule has 0 bridgehead atoms. The van der Waals surface area contributed by atoms with Crippen molar-refractivity contribution in [2.75, 3.05) is 6.66 Å². The van der Waals surface area contributed by atoms with Crippen LogP contribution in [0.5, 0.6) is 0 Å². The lowest BCUT2D eigenvalue weighted by Crippen LogP contribution is -1.77. The van der Waals surface area contributed by atoms with Gasteiger partial charge in [0.1, 0.15) is 6.79 Å². The summed E-state index contributed by atoms with van der Waals surface area (Å²) in [6.07, 6.45) is 0. The summed E-state index contributed by atoms with van der Waals surface area (Å²) in [6, 6.07) is 19.0. The summed E-state index contributed by atoms with van der Waals surface area (Å²) in [5, 5.41) is 0. The van der Waals surface area contributed by atoms with Crippen molar-refractivity contribution in [2.45, 2.75) is 34.6 Å². The van der Waals surface area contributed by atoms with E-state index < -0.39 is 0 Å². The molecule has 0 saturated carbocycles. The maximum atomic E-state index is 8.00. The van der Waals surface area contributed by atoms with Crippen LogP contribution in [0, 0.1) is 6.92 Å². The third-order valence-corrected chi connectivity index (χ3v) is 2.13. The molecule has 0 radical (unpaired) electrons. The van der Waals surface area contributed by atoms with Gasteiger partial charge in [-0.1, -0.05) is 94.5 Å². The molecule has 0 fully saturated rings. The second-order valence-corrected chi connectivity index (χ2v) is 3.24. The average molecular weight is 306 g/mol. The second-order valence-electron chi connectivity index (χ2n) is 3.24. The molecule has 0 aliphatic carbocycles. The van der Waals surface area contributed by atoms with E-state index in [4.69, 9.17) is 4.79 Å². The van der Waals surface area contributed by atoms with Gasteiger partial charge >= 0.3 is 0 Å². The lowest BCUT2D eigenvalue weighted by atomic mass is 10.0. The first-order chi connectivity index (χ1) is 10.4. The number of hydrogen-bond acceptors (Lipinski definition) is 1. The third-order valence-electron chi connectivity index (χ3n) is 2.13. The van der Waals surface area contributed by atoms with E-state index in [9.17, 15) is 0 Å². The SMILES string of the molecule is C=O.CC.CC.CP.Cc1cccc(-c2ccccc2)c1. The van der Waals surface area contributed by atoms with Gasteiger partial charge in [-0.15, -0.1) is 9.24 Å². The van der Waals surface area contributed by atoms with Gasteiger partial charge < -0.3 is 4.79 Å². The fourth-order valence-electron chi connectivity index (χ4n) is 1.46. The smallest absolute Gasteiger partial charge is 0.106 e. The standard InChI is InChI=1S/C13H12.2C2H6.CH2O.CH5P/c1-11-6-5-9-13(10-11)12-7-3-2-4-8-12;4*1-2/h2-10H,1H3;2*1-2H3;1H2;2H2,1H3. The van der Waals surface area contributed by atoms with Crippen LogP contribution in [0.2, 0.25) is 0 Å². The highest BCUT2D eigenvalue weighted by atomic mass is 31.0. The van der Waals surface area contributed by atoms with E-state index in [2.05, 4.69) is 64.7 Å². The van der Waals surface area contributed by atoms with Crippen LogP contribution in [0.25, 0.3) is 11.1 Å². The molecule has 0 aliphatic heterocycles. The van der Waals surface area contributed by atoms with Crippen molar-refractivity contribution < 1.29 is 4.79 Å². The van der Waals surface area contributed by atoms with Crippen LogP contribution in [0.3, 0.4) is 0 Å². The first kappa shape index (κ1) is 24.6. The molecule has 2 aromatic carbocycles. The predicted molar refractivity (Wildman–Crippen MR) is 102 cm³/mol. The molecule has 2 aromatic rings. The molecule has 0 aromatic heterocycles. The van der Waals surface area contributed by atoms with Gasteiger partial charge in [-0.25, -0.2) is 0 Å². The Morgan fingerprint density at radius 3 is 1.57 bits per heavy atom. The molecule has 0 aliphatic rings. The first-order valence-corrected chi connectivity index (χ1v) is 8.50. The van der Waals surface area contributed by atoms with Gasteiger partial charge in [0.25, 0.3) is 0 Å². The van der Waals surface area contributed by atoms with Gasteiger partial charge in [0.15, 0.2) is 0 Å². The van der Waals surface area contributed by atoms with Crippen molar-refractivity contribution in [2.24, 2.45) is 0 Å². The summed E-state index contributed by atoms with van der Waals surface area (Å²) in [5.41, 5.74) is 3.88. The normalized spacial score (nSPS) is 7.19. The highest BCUT2D eigenvalue weighted by Gasteiger charge is 1.94. The lowest BCUT2D eigenvalue weighted by Gasteiger charge is -2.01. The summed E-state index contributed by atoms with van der Waals surface area (Å²) in [7, 11) is 2.42. The number of carbonyl (C=O) groups excluding carboxylic acids is 1. The summed E-state index contributed by atoms with van der Waals surface area (Å²) < 4.78 is 0. The van der Waals surface area contributed by atoms with Gasteiger partial charge in [-0.2, -0.15) is 0 Å². The van der Waals surface area contributed by atoms with Crippen LogP contribution in [-0.4, -0.2) is 13.5 Å². The van der Waals surface area contributed by atoms with Crippen molar-refractivity contribution in [1.82, 2.24) is 0 Å². The number of hydrogen-bond donors (Lipinski definition) is 0. The van der Waals surface area contributed by atoms with Crippen molar-refractivity contribution in [1.29, 1.82) is 0 Å². The molecule has 21 heavy (non-hydrogen) atoms. The molecule has 2 rings (SSSR count). The quantitative estimate of drug-likeness (QED) is 0.589. The fourth-order valence-corrected chi connectivity index (χ4v) is 1.46. The highest BCUT2D eigenvalue weighted by molar-refractivity contribution is 7.15. The van der Waals surface area contributed by atoms with Crippen LogP contribution in [0.15, 0.2) is 54.6 Å². The first-order valence-electron chi connectivity index (χ1n) is 7.35. The third kappa shape index (κ3) is 12.0. The van der Waals surface area contributed by atoms with E-state index in [0.29, 0.717) is 0 Å². The molecule has 1 unspecified atom stereocenters. The monoisotopic (exact) mass is 306 g/mol. The van der Waals surface area contributed by atoms with E-state index >= 15 is 0 Å². The molecule has 0 heterocycles. The molecule has 0 N–H and O–H groups in total. The van der Waals surface area contributed by atoms with Crippen LogP contribution < -0.4 is 0 Å². The Balaban J connectivity index is -0.000000353. The average Bonchev–Trinajstić information content (AvgIpc) is 2.63. The predicted octanol–water partition coefficient (Wildman–Crippen LogP) is 6.02.